The number of carboxylic acid groups (broad SMARTS) is 1. The molecule has 7 heteroatoms. The predicted octanol–water partition coefficient (Wildman–Crippen LogP) is 4.37. The van der Waals surface area contributed by atoms with Crippen LogP contribution in [0.5, 0.6) is 0 Å². The third-order valence-electron chi connectivity index (χ3n) is 8.08. The van der Waals surface area contributed by atoms with Crippen LogP contribution in [-0.2, 0) is 21.4 Å². The summed E-state index contributed by atoms with van der Waals surface area (Å²) < 4.78 is 11.4. The molecule has 5 aromatic rings. The lowest BCUT2D eigenvalue weighted by atomic mass is 9.73. The lowest BCUT2D eigenvalue weighted by Crippen LogP contribution is -2.54. The minimum Gasteiger partial charge on any atom is -0.549 e. The molecule has 2 aromatic heterocycles. The van der Waals surface area contributed by atoms with Gasteiger partial charge in [0.2, 0.25) is 5.91 Å². The Bertz CT molecular complexity index is 1760. The highest BCUT2D eigenvalue weighted by molar-refractivity contribution is 6.02. The Hall–Kier alpha value is -4.65. The molecule has 0 N–H and O–H groups in total. The zero-order valence-electron chi connectivity index (χ0n) is 21.4. The van der Waals surface area contributed by atoms with Crippen LogP contribution in [0.2, 0.25) is 0 Å². The second-order valence-corrected chi connectivity index (χ2v) is 10.1. The van der Waals surface area contributed by atoms with Gasteiger partial charge in [-0.1, -0.05) is 60.7 Å². The molecule has 39 heavy (non-hydrogen) atoms. The Morgan fingerprint density at radius 2 is 1.59 bits per heavy atom. The number of rotatable bonds is 5. The summed E-state index contributed by atoms with van der Waals surface area (Å²) in [6.07, 6.45) is 2.06. The molecule has 6 rings (SSSR count). The van der Waals surface area contributed by atoms with Crippen molar-refractivity contribution in [1.82, 2.24) is 4.90 Å². The van der Waals surface area contributed by atoms with Crippen LogP contribution in [-0.4, -0.2) is 29.9 Å². The van der Waals surface area contributed by atoms with E-state index in [-0.39, 0.29) is 38.3 Å². The lowest BCUT2D eigenvalue weighted by Gasteiger charge is -2.43. The van der Waals surface area contributed by atoms with Gasteiger partial charge in [-0.05, 0) is 42.5 Å². The molecule has 0 saturated carbocycles. The summed E-state index contributed by atoms with van der Waals surface area (Å²) in [7, 11) is 0. The highest BCUT2D eigenvalue weighted by Gasteiger charge is 2.39. The van der Waals surface area contributed by atoms with Crippen molar-refractivity contribution >= 4 is 33.8 Å². The summed E-state index contributed by atoms with van der Waals surface area (Å²) in [5.41, 5.74) is 2.91. The van der Waals surface area contributed by atoms with E-state index in [1.807, 2.05) is 49.4 Å². The Balaban J connectivity index is 1.29. The van der Waals surface area contributed by atoms with Gasteiger partial charge in [-0.3, -0.25) is 4.79 Å². The van der Waals surface area contributed by atoms with Crippen molar-refractivity contribution in [3.05, 3.63) is 106 Å². The average Bonchev–Trinajstić information content (AvgIpc) is 3.38. The zero-order valence-corrected chi connectivity index (χ0v) is 21.4. The molecule has 0 atom stereocenters. The molecule has 1 aliphatic rings. The molecular formula is C32H26NO6-. The van der Waals surface area contributed by atoms with Gasteiger partial charge in [0.05, 0.1) is 24.2 Å². The molecule has 0 aliphatic carbocycles. The first-order valence-electron chi connectivity index (χ1n) is 12.9. The van der Waals surface area contributed by atoms with Gasteiger partial charge in [0.15, 0.2) is 0 Å². The fraction of sp³-hybridized carbons (Fsp3) is 0.219. The van der Waals surface area contributed by atoms with E-state index >= 15 is 0 Å². The highest BCUT2D eigenvalue weighted by Crippen LogP contribution is 2.36. The van der Waals surface area contributed by atoms with Crippen molar-refractivity contribution in [3.63, 3.8) is 0 Å². The molecule has 0 radical (unpaired) electrons. The molecule has 1 saturated heterocycles. The fourth-order valence-corrected chi connectivity index (χ4v) is 5.72. The zero-order chi connectivity index (χ0) is 27.1. The SMILES string of the molecule is Cc1c(CC(=O)N2CCC(C(=O)[O-])(c3ccccc3)CC2)c(=O)oc2cc3occ(-c4ccccc4)c3cc12. The number of carboxylic acids is 1. The maximum Gasteiger partial charge on any atom is 0.340 e. The number of benzene rings is 3. The first-order chi connectivity index (χ1) is 18.9. The molecule has 0 unspecified atom stereocenters. The molecule has 196 valence electrons. The normalized spacial score (nSPS) is 15.1. The topological polar surface area (TPSA) is 104 Å². The number of aliphatic carboxylic acids is 1. The van der Waals surface area contributed by atoms with Crippen molar-refractivity contribution in [2.45, 2.75) is 31.6 Å². The summed E-state index contributed by atoms with van der Waals surface area (Å²) in [5, 5.41) is 13.8. The number of carbonyl (C=O) groups excluding carboxylic acids is 2. The Morgan fingerprint density at radius 1 is 0.923 bits per heavy atom. The van der Waals surface area contributed by atoms with Crippen molar-refractivity contribution in [1.29, 1.82) is 0 Å². The molecule has 1 aliphatic heterocycles. The summed E-state index contributed by atoms with van der Waals surface area (Å²) in [4.78, 5) is 40.1. The van der Waals surface area contributed by atoms with E-state index in [4.69, 9.17) is 8.83 Å². The number of hydrogen-bond donors (Lipinski definition) is 0. The van der Waals surface area contributed by atoms with Crippen molar-refractivity contribution in [2.24, 2.45) is 0 Å². The van der Waals surface area contributed by atoms with Crippen LogP contribution < -0.4 is 10.7 Å². The van der Waals surface area contributed by atoms with Crippen LogP contribution in [0, 0.1) is 6.92 Å². The van der Waals surface area contributed by atoms with Crippen LogP contribution in [0.15, 0.2) is 92.7 Å². The number of furan rings is 1. The number of carbonyl (C=O) groups is 2. The molecule has 1 fully saturated rings. The van der Waals surface area contributed by atoms with Gasteiger partial charge in [0, 0.05) is 40.9 Å². The number of nitrogens with zero attached hydrogens (tertiary/aromatic N) is 1. The monoisotopic (exact) mass is 520 g/mol. The molecule has 3 aromatic carbocycles. The van der Waals surface area contributed by atoms with Crippen LogP contribution >= 0.6 is 0 Å². The standard InChI is InChI=1S/C32H27NO6/c1-20-23-16-25-26(21-8-4-2-5-9-21)19-38-27(25)18-28(23)39-30(35)24(20)17-29(34)33-14-12-32(13-15-33,31(36)37)22-10-6-3-7-11-22/h2-11,16,18-19H,12-15,17H2,1H3,(H,36,37)/p-1. The van der Waals surface area contributed by atoms with Crippen LogP contribution in [0.4, 0.5) is 0 Å². The second kappa shape index (κ2) is 9.58. The smallest absolute Gasteiger partial charge is 0.340 e. The average molecular weight is 521 g/mol. The second-order valence-electron chi connectivity index (χ2n) is 10.1. The largest absolute Gasteiger partial charge is 0.549 e. The molecule has 7 nitrogen and oxygen atoms in total. The van der Waals surface area contributed by atoms with Crippen molar-refractivity contribution in [3.8, 4) is 11.1 Å². The predicted molar refractivity (Wildman–Crippen MR) is 145 cm³/mol. The first kappa shape index (κ1) is 24.7. The Labute approximate surface area is 224 Å². The third kappa shape index (κ3) is 4.20. The fourth-order valence-electron chi connectivity index (χ4n) is 5.72. The first-order valence-corrected chi connectivity index (χ1v) is 12.9. The van der Waals surface area contributed by atoms with Gasteiger partial charge in [-0.25, -0.2) is 4.79 Å². The Morgan fingerprint density at radius 3 is 2.26 bits per heavy atom. The van der Waals surface area contributed by atoms with Crippen LogP contribution in [0.25, 0.3) is 33.1 Å². The minimum absolute atomic E-state index is 0.122. The van der Waals surface area contributed by atoms with E-state index in [1.54, 1.807) is 41.5 Å². The van der Waals surface area contributed by atoms with Crippen LogP contribution in [0.3, 0.4) is 0 Å². The molecule has 1 amide bonds. The van der Waals surface area contributed by atoms with E-state index < -0.39 is 17.0 Å². The maximum atomic E-state index is 13.3. The van der Waals surface area contributed by atoms with Crippen molar-refractivity contribution < 1.29 is 23.5 Å². The number of aryl methyl sites for hydroxylation is 1. The van der Waals surface area contributed by atoms with E-state index in [2.05, 4.69) is 0 Å². The lowest BCUT2D eigenvalue weighted by molar-refractivity contribution is -0.315. The van der Waals surface area contributed by atoms with Gasteiger partial charge < -0.3 is 23.6 Å². The molecule has 0 bridgehead atoms. The summed E-state index contributed by atoms with van der Waals surface area (Å²) >= 11 is 0. The maximum absolute atomic E-state index is 13.3. The van der Waals surface area contributed by atoms with E-state index in [9.17, 15) is 19.5 Å². The quantitative estimate of drug-likeness (QED) is 0.319. The highest BCUT2D eigenvalue weighted by atomic mass is 16.4. The molecule has 3 heterocycles. The summed E-state index contributed by atoms with van der Waals surface area (Å²) in [5.74, 6) is -1.37. The van der Waals surface area contributed by atoms with Gasteiger partial charge in [-0.15, -0.1) is 0 Å². The van der Waals surface area contributed by atoms with Gasteiger partial charge >= 0.3 is 5.63 Å². The molecular weight excluding hydrogens is 494 g/mol. The molecule has 0 spiro atoms. The van der Waals surface area contributed by atoms with Gasteiger partial charge in [0.25, 0.3) is 0 Å². The van der Waals surface area contributed by atoms with Gasteiger partial charge in [0.1, 0.15) is 11.2 Å². The Kier molecular flexibility index (Phi) is 6.06. The number of fused-ring (bicyclic) bond motifs is 2. The number of hydrogen-bond acceptors (Lipinski definition) is 6. The summed E-state index contributed by atoms with van der Waals surface area (Å²) in [6, 6.07) is 22.6. The third-order valence-corrected chi connectivity index (χ3v) is 8.08. The van der Waals surface area contributed by atoms with E-state index in [1.165, 1.54) is 0 Å². The minimum atomic E-state index is -1.14. The number of likely N-dealkylation sites (tertiary alicyclic amines) is 1. The van der Waals surface area contributed by atoms with E-state index in [0.717, 1.165) is 21.9 Å². The van der Waals surface area contributed by atoms with Crippen LogP contribution in [0.1, 0.15) is 29.5 Å². The van der Waals surface area contributed by atoms with Crippen molar-refractivity contribution in [2.75, 3.05) is 13.1 Å². The summed E-state index contributed by atoms with van der Waals surface area (Å²) in [6.45, 7) is 2.34. The van der Waals surface area contributed by atoms with E-state index in [0.29, 0.717) is 27.9 Å². The number of piperidine rings is 1. The van der Waals surface area contributed by atoms with Gasteiger partial charge in [-0.2, -0.15) is 0 Å². The number of amides is 1.